The van der Waals surface area contributed by atoms with Crippen LogP contribution in [0.5, 0.6) is 0 Å². The number of piperidine rings is 1. The molecule has 7 bridgehead atoms. The van der Waals surface area contributed by atoms with Crippen molar-refractivity contribution >= 4 is 5.97 Å². The third-order valence-corrected chi connectivity index (χ3v) is 12.5. The summed E-state index contributed by atoms with van der Waals surface area (Å²) in [4.78, 5) is 15.9. The highest BCUT2D eigenvalue weighted by molar-refractivity contribution is 5.89. The van der Waals surface area contributed by atoms with Crippen LogP contribution in [0.3, 0.4) is 0 Å². The van der Waals surface area contributed by atoms with E-state index in [-0.39, 0.29) is 41.7 Å². The van der Waals surface area contributed by atoms with E-state index in [0.29, 0.717) is 12.2 Å². The zero-order chi connectivity index (χ0) is 28.2. The normalized spacial score (nSPS) is 52.0. The van der Waals surface area contributed by atoms with Crippen LogP contribution in [0.4, 0.5) is 0 Å². The summed E-state index contributed by atoms with van der Waals surface area (Å²) in [5, 5.41) is 37.3. The number of esters is 1. The minimum atomic E-state index is -1.66. The van der Waals surface area contributed by atoms with E-state index >= 15 is 0 Å². The number of likely N-dealkylation sites (tertiary alicyclic amines) is 1. The van der Waals surface area contributed by atoms with Crippen LogP contribution >= 0.6 is 0 Å². The monoisotopic (exact) mass is 557 g/mol. The number of hydrogen-bond acceptors (Lipinski definition) is 9. The average molecular weight is 558 g/mol. The molecule has 40 heavy (non-hydrogen) atoms. The highest BCUT2D eigenvalue weighted by atomic mass is 16.6. The predicted octanol–water partition coefficient (Wildman–Crippen LogP) is 1.48. The van der Waals surface area contributed by atoms with Crippen molar-refractivity contribution in [2.24, 2.45) is 34.5 Å². The highest BCUT2D eigenvalue weighted by Crippen LogP contribution is 2.79. The lowest BCUT2D eigenvalue weighted by Gasteiger charge is -2.69. The molecule has 3 N–H and O–H groups in total. The molecule has 1 aromatic rings. The van der Waals surface area contributed by atoms with Crippen LogP contribution < -0.4 is 0 Å². The maximum atomic E-state index is 13.4. The van der Waals surface area contributed by atoms with Crippen LogP contribution in [0.15, 0.2) is 30.3 Å². The van der Waals surface area contributed by atoms with E-state index in [1.807, 2.05) is 6.07 Å². The Morgan fingerprint density at radius 2 is 1.82 bits per heavy atom. The molecule has 0 radical (unpaired) electrons. The second-order valence-corrected chi connectivity index (χ2v) is 13.5. The number of hydrogen-bond donors (Lipinski definition) is 3. The van der Waals surface area contributed by atoms with Gasteiger partial charge in [-0.05, 0) is 56.2 Å². The molecule has 9 heteroatoms. The molecule has 0 amide bonds. The molecule has 9 nitrogen and oxygen atoms in total. The molecule has 220 valence electrons. The first-order chi connectivity index (χ1) is 19.2. The van der Waals surface area contributed by atoms with E-state index in [1.165, 1.54) is 7.11 Å². The molecule has 7 rings (SSSR count). The largest absolute Gasteiger partial charge is 0.455 e. The summed E-state index contributed by atoms with van der Waals surface area (Å²) in [5.41, 5.74) is -3.42. The number of carbonyl (C=O) groups excluding carboxylic acids is 1. The molecule has 1 aromatic carbocycles. The number of rotatable bonds is 7. The molecule has 1 aliphatic heterocycles. The van der Waals surface area contributed by atoms with E-state index in [9.17, 15) is 20.1 Å². The number of benzene rings is 1. The minimum absolute atomic E-state index is 0.0398. The van der Waals surface area contributed by atoms with Crippen molar-refractivity contribution in [1.29, 1.82) is 0 Å². The summed E-state index contributed by atoms with van der Waals surface area (Å²) in [6.07, 6.45) is -0.766. The van der Waals surface area contributed by atoms with Crippen molar-refractivity contribution in [2.45, 2.75) is 74.3 Å². The number of aliphatic hydroxyl groups excluding tert-OH is 1. The smallest absolute Gasteiger partial charge is 0.338 e. The molecule has 5 saturated carbocycles. The summed E-state index contributed by atoms with van der Waals surface area (Å²) in [6, 6.07) is 8.69. The number of methoxy groups -OCH3 is 3. The fourth-order valence-electron chi connectivity index (χ4n) is 11.6. The molecule has 1 heterocycles. The summed E-state index contributed by atoms with van der Waals surface area (Å²) in [6.45, 7) is 4.44. The van der Waals surface area contributed by atoms with Crippen LogP contribution in [0.25, 0.3) is 0 Å². The highest BCUT2D eigenvalue weighted by Gasteiger charge is 2.88. The fraction of sp³-hybridized carbons (Fsp3) is 0.774. The summed E-state index contributed by atoms with van der Waals surface area (Å²) < 4.78 is 24.2. The maximum Gasteiger partial charge on any atom is 0.338 e. The Labute approximate surface area is 235 Å². The Morgan fingerprint density at radius 3 is 2.48 bits per heavy atom. The fourth-order valence-corrected chi connectivity index (χ4v) is 11.6. The summed E-state index contributed by atoms with van der Waals surface area (Å²) in [7, 11) is 4.98. The molecular formula is C31H43NO8. The van der Waals surface area contributed by atoms with E-state index in [2.05, 4.69) is 11.8 Å². The summed E-state index contributed by atoms with van der Waals surface area (Å²) in [5.74, 6) is -1.59. The van der Waals surface area contributed by atoms with Gasteiger partial charge < -0.3 is 34.3 Å². The zero-order valence-corrected chi connectivity index (χ0v) is 23.9. The summed E-state index contributed by atoms with van der Waals surface area (Å²) >= 11 is 0. The van der Waals surface area contributed by atoms with E-state index in [4.69, 9.17) is 18.9 Å². The number of aliphatic hydroxyl groups is 3. The topological polar surface area (TPSA) is 118 Å². The van der Waals surface area contributed by atoms with Gasteiger partial charge in [0.1, 0.15) is 29.5 Å². The van der Waals surface area contributed by atoms with Gasteiger partial charge in [0.2, 0.25) is 0 Å². The second-order valence-electron chi connectivity index (χ2n) is 13.5. The number of nitrogens with zero attached hydrogens (tertiary/aromatic N) is 1. The lowest BCUT2D eigenvalue weighted by Crippen LogP contribution is -2.80. The van der Waals surface area contributed by atoms with Gasteiger partial charge in [-0.25, -0.2) is 4.79 Å². The SMILES string of the molecule is CCN1C[C@]2(COC)CC[C@H](OC)[C@]34C1[C@H](C[C@H]23)[C@]1(O)[C@H]2[C@@H](OC(=O)c3ccccc3)[C@](O)(C[C@H]24)[C@@H](OC)[C@@H]1O. The third-order valence-electron chi connectivity index (χ3n) is 12.5. The number of ether oxygens (including phenoxy) is 4. The first kappa shape index (κ1) is 27.3. The second kappa shape index (κ2) is 8.96. The average Bonchev–Trinajstić information content (AvgIpc) is 3.36. The van der Waals surface area contributed by atoms with Gasteiger partial charge in [-0.1, -0.05) is 25.1 Å². The van der Waals surface area contributed by atoms with E-state index in [0.717, 1.165) is 32.4 Å². The Bertz CT molecular complexity index is 1170. The Balaban J connectivity index is 1.43. The van der Waals surface area contributed by atoms with Gasteiger partial charge in [-0.3, -0.25) is 4.90 Å². The van der Waals surface area contributed by atoms with Crippen LogP contribution in [-0.4, -0.2) is 109 Å². The molecular weight excluding hydrogens is 514 g/mol. The van der Waals surface area contributed by atoms with Gasteiger partial charge in [0.25, 0.3) is 0 Å². The van der Waals surface area contributed by atoms with Gasteiger partial charge in [0.15, 0.2) is 0 Å². The standard InChI is InChI=1S/C31H43NO8/c1-5-32-15-28(16-37-2)12-11-21(38-3)30-19-14-29(35)25(40-27(34)17-9-7-6-8-10-17)22(19)31(36,24(33)26(29)39-4)18(23(30)32)13-20(28)30/h6-10,18-26,33,35-36H,5,11-16H2,1-4H3/t18-,19+,20+,21-,22+,23?,24-,25+,26-,28-,29+,30+,31-/m0/s1. The van der Waals surface area contributed by atoms with Crippen molar-refractivity contribution in [3.63, 3.8) is 0 Å². The predicted molar refractivity (Wildman–Crippen MR) is 143 cm³/mol. The third kappa shape index (κ3) is 2.95. The quantitative estimate of drug-likeness (QED) is 0.429. The van der Waals surface area contributed by atoms with Crippen LogP contribution in [0.2, 0.25) is 0 Å². The van der Waals surface area contributed by atoms with Gasteiger partial charge in [0, 0.05) is 56.6 Å². The molecule has 1 spiro atoms. The van der Waals surface area contributed by atoms with Gasteiger partial charge >= 0.3 is 5.97 Å². The zero-order valence-electron chi connectivity index (χ0n) is 23.9. The lowest BCUT2D eigenvalue weighted by molar-refractivity contribution is -0.313. The molecule has 6 fully saturated rings. The van der Waals surface area contributed by atoms with Crippen LogP contribution in [0.1, 0.15) is 43.0 Å². The Kier molecular flexibility index (Phi) is 6.10. The van der Waals surface area contributed by atoms with Crippen molar-refractivity contribution in [3.05, 3.63) is 35.9 Å². The van der Waals surface area contributed by atoms with Crippen molar-refractivity contribution in [1.82, 2.24) is 4.90 Å². The Morgan fingerprint density at radius 1 is 1.07 bits per heavy atom. The van der Waals surface area contributed by atoms with Crippen molar-refractivity contribution in [2.75, 3.05) is 41.0 Å². The molecule has 1 unspecified atom stereocenters. The first-order valence-electron chi connectivity index (χ1n) is 14.9. The minimum Gasteiger partial charge on any atom is -0.455 e. The van der Waals surface area contributed by atoms with Crippen LogP contribution in [0, 0.1) is 34.5 Å². The first-order valence-corrected chi connectivity index (χ1v) is 14.9. The number of carbonyl (C=O) groups is 1. The van der Waals surface area contributed by atoms with Gasteiger partial charge in [-0.2, -0.15) is 0 Å². The lowest BCUT2D eigenvalue weighted by atomic mass is 9.43. The molecule has 0 aromatic heterocycles. The molecule has 5 aliphatic carbocycles. The maximum absolute atomic E-state index is 13.4. The molecule has 13 atom stereocenters. The van der Waals surface area contributed by atoms with Gasteiger partial charge in [0.05, 0.1) is 18.3 Å². The van der Waals surface area contributed by atoms with Crippen molar-refractivity contribution < 1.29 is 39.1 Å². The van der Waals surface area contributed by atoms with E-state index in [1.54, 1.807) is 38.5 Å². The molecule has 6 aliphatic rings. The van der Waals surface area contributed by atoms with Crippen LogP contribution in [-0.2, 0) is 18.9 Å². The van der Waals surface area contributed by atoms with Gasteiger partial charge in [-0.15, -0.1) is 0 Å². The Hall–Kier alpha value is -1.59. The molecule has 1 saturated heterocycles. The number of fused-ring (bicyclic) bond motifs is 2. The van der Waals surface area contributed by atoms with Crippen molar-refractivity contribution in [3.8, 4) is 0 Å². The van der Waals surface area contributed by atoms with E-state index < -0.39 is 46.8 Å².